The maximum Gasteiger partial charge on any atom is 0.259 e. The maximum absolute atomic E-state index is 14.8. The molecule has 7 nitrogen and oxygen atoms in total. The molecule has 1 aromatic carbocycles. The molecule has 30 heavy (non-hydrogen) atoms. The van der Waals surface area contributed by atoms with Crippen molar-refractivity contribution in [2.24, 2.45) is 5.73 Å². The van der Waals surface area contributed by atoms with E-state index in [2.05, 4.69) is 4.98 Å². The summed E-state index contributed by atoms with van der Waals surface area (Å²) in [6, 6.07) is 6.58. The van der Waals surface area contributed by atoms with Gasteiger partial charge < -0.3 is 10.6 Å². The number of aromatic nitrogens is 1. The Morgan fingerprint density at radius 1 is 1.37 bits per heavy atom. The van der Waals surface area contributed by atoms with Gasteiger partial charge in [0.1, 0.15) is 23.1 Å². The van der Waals surface area contributed by atoms with Gasteiger partial charge in [0.15, 0.2) is 5.11 Å². The molecule has 0 radical (unpaired) electrons. The lowest BCUT2D eigenvalue weighted by atomic mass is 9.75. The average Bonchev–Trinajstić information content (AvgIpc) is 2.90. The smallest absolute Gasteiger partial charge is 0.259 e. The molecule has 1 aliphatic heterocycles. The van der Waals surface area contributed by atoms with Crippen LogP contribution in [-0.4, -0.2) is 27.4 Å². The number of carbonyl (C=O) groups excluding carboxylic acids is 2. The number of anilines is 2. The number of halogens is 1. The highest BCUT2D eigenvalue weighted by molar-refractivity contribution is 7.81. The van der Waals surface area contributed by atoms with E-state index in [1.807, 2.05) is 6.07 Å². The standard InChI is InChI=1S/C21H18FN5O2S/c1-11-8-13(10-25-15(11)9-23)26-19(29)21(6-3-7-21)27(20(26)30)16-5-4-14(18(24)28)17(22)12(16)2/h4-5,8,10H,3,6-7H2,1-2H3,(H2,24,28). The normalized spacial score (nSPS) is 17.3. The van der Waals surface area contributed by atoms with Gasteiger partial charge in [0.2, 0.25) is 0 Å². The number of nitrogens with zero attached hydrogens (tertiary/aromatic N) is 4. The third kappa shape index (κ3) is 2.60. The van der Waals surface area contributed by atoms with Crippen molar-refractivity contribution in [3.8, 4) is 6.07 Å². The molecule has 1 saturated carbocycles. The van der Waals surface area contributed by atoms with Gasteiger partial charge in [-0.3, -0.25) is 14.5 Å². The second kappa shape index (κ2) is 6.85. The van der Waals surface area contributed by atoms with Crippen molar-refractivity contribution in [1.29, 1.82) is 5.26 Å². The minimum Gasteiger partial charge on any atom is -0.366 e. The first-order valence-electron chi connectivity index (χ1n) is 9.37. The van der Waals surface area contributed by atoms with Crippen molar-refractivity contribution in [2.45, 2.75) is 38.6 Å². The summed E-state index contributed by atoms with van der Waals surface area (Å²) in [5.41, 5.74) is 6.12. The number of carbonyl (C=O) groups is 2. The zero-order chi connectivity index (χ0) is 21.8. The lowest BCUT2D eigenvalue weighted by molar-refractivity contribution is -0.123. The summed E-state index contributed by atoms with van der Waals surface area (Å²) in [4.78, 5) is 32.2. The van der Waals surface area contributed by atoms with Gasteiger partial charge >= 0.3 is 0 Å². The van der Waals surface area contributed by atoms with E-state index in [1.165, 1.54) is 24.1 Å². The predicted octanol–water partition coefficient (Wildman–Crippen LogP) is 2.87. The predicted molar refractivity (Wildman–Crippen MR) is 112 cm³/mol. The lowest BCUT2D eigenvalue weighted by Gasteiger charge is -2.43. The van der Waals surface area contributed by atoms with Crippen molar-refractivity contribution in [1.82, 2.24) is 4.98 Å². The van der Waals surface area contributed by atoms with Gasteiger partial charge in [-0.15, -0.1) is 0 Å². The van der Waals surface area contributed by atoms with Crippen LogP contribution in [0.5, 0.6) is 0 Å². The van der Waals surface area contributed by atoms with E-state index in [0.29, 0.717) is 29.8 Å². The summed E-state index contributed by atoms with van der Waals surface area (Å²) in [7, 11) is 0. The minimum absolute atomic E-state index is 0.198. The molecule has 0 atom stereocenters. The second-order valence-corrected chi connectivity index (χ2v) is 7.92. The van der Waals surface area contributed by atoms with Gasteiger partial charge in [0, 0.05) is 5.56 Å². The van der Waals surface area contributed by atoms with Crippen LogP contribution in [0.1, 0.15) is 46.4 Å². The molecule has 152 valence electrons. The molecule has 0 bridgehead atoms. The van der Waals surface area contributed by atoms with Crippen molar-refractivity contribution >= 4 is 40.5 Å². The molecule has 4 rings (SSSR count). The van der Waals surface area contributed by atoms with Crippen molar-refractivity contribution < 1.29 is 14.0 Å². The minimum atomic E-state index is -0.898. The van der Waals surface area contributed by atoms with Gasteiger partial charge in [-0.05, 0) is 69.1 Å². The van der Waals surface area contributed by atoms with Crippen LogP contribution in [0.4, 0.5) is 15.8 Å². The lowest BCUT2D eigenvalue weighted by Crippen LogP contribution is -2.55. The molecular weight excluding hydrogens is 405 g/mol. The maximum atomic E-state index is 14.8. The molecule has 2 amide bonds. The van der Waals surface area contributed by atoms with Crippen molar-refractivity contribution in [2.75, 3.05) is 9.80 Å². The Kier molecular flexibility index (Phi) is 4.55. The second-order valence-electron chi connectivity index (χ2n) is 7.55. The first kappa shape index (κ1) is 19.9. The van der Waals surface area contributed by atoms with Crippen LogP contribution < -0.4 is 15.5 Å². The van der Waals surface area contributed by atoms with E-state index in [1.54, 1.807) is 24.0 Å². The zero-order valence-corrected chi connectivity index (χ0v) is 17.2. The van der Waals surface area contributed by atoms with E-state index in [0.717, 1.165) is 6.42 Å². The summed E-state index contributed by atoms with van der Waals surface area (Å²) < 4.78 is 14.8. The Balaban J connectivity index is 1.84. The van der Waals surface area contributed by atoms with E-state index >= 15 is 0 Å². The monoisotopic (exact) mass is 423 g/mol. The number of amides is 2. The van der Waals surface area contributed by atoms with Crippen LogP contribution in [0.2, 0.25) is 0 Å². The molecule has 0 unspecified atom stereocenters. The van der Waals surface area contributed by atoms with E-state index in [4.69, 9.17) is 23.2 Å². The molecule has 2 heterocycles. The molecule has 2 aliphatic rings. The largest absolute Gasteiger partial charge is 0.366 e. The van der Waals surface area contributed by atoms with Crippen molar-refractivity contribution in [3.05, 3.63) is 52.6 Å². The fourth-order valence-corrected chi connectivity index (χ4v) is 4.55. The van der Waals surface area contributed by atoms with Crippen LogP contribution in [0.15, 0.2) is 24.4 Å². The van der Waals surface area contributed by atoms with Crippen LogP contribution in [0.3, 0.4) is 0 Å². The molecule has 1 aromatic heterocycles. The summed E-state index contributed by atoms with van der Waals surface area (Å²) in [6.07, 6.45) is 3.42. The molecule has 2 aromatic rings. The number of hydrogen-bond acceptors (Lipinski definition) is 5. The Morgan fingerprint density at radius 3 is 2.60 bits per heavy atom. The van der Waals surface area contributed by atoms with E-state index in [-0.39, 0.29) is 27.8 Å². The highest BCUT2D eigenvalue weighted by Crippen LogP contribution is 2.48. The summed E-state index contributed by atoms with van der Waals surface area (Å²) in [5, 5.41) is 9.33. The van der Waals surface area contributed by atoms with Crippen LogP contribution >= 0.6 is 12.2 Å². The molecule has 2 N–H and O–H groups in total. The SMILES string of the molecule is Cc1cc(N2C(=O)C3(CCC3)N(c3ccc(C(N)=O)c(F)c3C)C2=S)cnc1C#N. The summed E-state index contributed by atoms with van der Waals surface area (Å²) >= 11 is 5.67. The fraction of sp³-hybridized carbons (Fsp3) is 0.286. The molecular formula is C21H18FN5O2S. The molecule has 2 fully saturated rings. The van der Waals surface area contributed by atoms with E-state index < -0.39 is 17.3 Å². The Bertz CT molecular complexity index is 1170. The number of rotatable bonds is 3. The summed E-state index contributed by atoms with van der Waals surface area (Å²) in [6.45, 7) is 3.27. The number of aryl methyl sites for hydroxylation is 1. The van der Waals surface area contributed by atoms with Crippen LogP contribution in [0, 0.1) is 31.0 Å². The first-order chi connectivity index (χ1) is 14.2. The number of pyridine rings is 1. The molecule has 1 spiro atoms. The van der Waals surface area contributed by atoms with Crippen molar-refractivity contribution in [3.63, 3.8) is 0 Å². The molecule has 9 heteroatoms. The number of nitrogens with two attached hydrogens (primary N) is 1. The van der Waals surface area contributed by atoms with Gasteiger partial charge in [0.25, 0.3) is 11.8 Å². The highest BCUT2D eigenvalue weighted by Gasteiger charge is 2.60. The van der Waals surface area contributed by atoms with Crippen LogP contribution in [0.25, 0.3) is 0 Å². The fourth-order valence-electron chi connectivity index (χ4n) is 4.09. The van der Waals surface area contributed by atoms with E-state index in [9.17, 15) is 14.0 Å². The molecule has 1 aliphatic carbocycles. The number of hydrogen-bond donors (Lipinski definition) is 1. The Morgan fingerprint density at radius 2 is 2.07 bits per heavy atom. The Hall–Kier alpha value is -3.38. The molecule has 1 saturated heterocycles. The quantitative estimate of drug-likeness (QED) is 0.762. The van der Waals surface area contributed by atoms with Crippen LogP contribution in [-0.2, 0) is 4.79 Å². The third-order valence-corrected chi connectivity index (χ3v) is 6.25. The first-order valence-corrected chi connectivity index (χ1v) is 9.78. The zero-order valence-electron chi connectivity index (χ0n) is 16.4. The third-order valence-electron chi connectivity index (χ3n) is 5.88. The highest BCUT2D eigenvalue weighted by atomic mass is 32.1. The van der Waals surface area contributed by atoms with Gasteiger partial charge in [-0.2, -0.15) is 5.26 Å². The topological polar surface area (TPSA) is 103 Å². The summed E-state index contributed by atoms with van der Waals surface area (Å²) in [5.74, 6) is -1.79. The number of thiocarbonyl (C=S) groups is 1. The van der Waals surface area contributed by atoms with Gasteiger partial charge in [0.05, 0.1) is 23.1 Å². The number of benzene rings is 1. The van der Waals surface area contributed by atoms with Gasteiger partial charge in [-0.25, -0.2) is 9.37 Å². The Labute approximate surface area is 177 Å². The number of nitriles is 1. The number of primary amides is 1. The average molecular weight is 423 g/mol. The van der Waals surface area contributed by atoms with Gasteiger partial charge in [-0.1, -0.05) is 0 Å².